The third-order valence-electron chi connectivity index (χ3n) is 4.62. The minimum absolute atomic E-state index is 0.232. The highest BCUT2D eigenvalue weighted by molar-refractivity contribution is 7.96. The number of rotatable bonds is 3. The molecule has 1 unspecified atom stereocenters. The van der Waals surface area contributed by atoms with Crippen molar-refractivity contribution in [3.63, 3.8) is 0 Å². The zero-order valence-corrected chi connectivity index (χ0v) is 15.2. The SMILES string of the molecule is CO.C[S+]1CCc2nc(N3CC(O)C3)nc(NC3CCOCC3)c21. The molecule has 3 N–H and O–H groups in total. The van der Waals surface area contributed by atoms with Gasteiger partial charge in [-0.05, 0) is 12.8 Å². The van der Waals surface area contributed by atoms with E-state index in [-0.39, 0.29) is 17.0 Å². The topological polar surface area (TPSA) is 90.7 Å². The Bertz CT molecular complexity index is 562. The van der Waals surface area contributed by atoms with Gasteiger partial charge in [-0.1, -0.05) is 0 Å². The quantitative estimate of drug-likeness (QED) is 0.659. The summed E-state index contributed by atoms with van der Waals surface area (Å²) in [6.07, 6.45) is 5.17. The molecule has 0 spiro atoms. The number of hydrogen-bond acceptors (Lipinski definition) is 7. The highest BCUT2D eigenvalue weighted by atomic mass is 32.2. The van der Waals surface area contributed by atoms with E-state index in [9.17, 15) is 5.11 Å². The molecule has 8 heteroatoms. The molecule has 0 saturated carbocycles. The number of aliphatic hydroxyl groups excluding tert-OH is 2. The minimum atomic E-state index is -0.232. The molecule has 0 radical (unpaired) electrons. The van der Waals surface area contributed by atoms with Crippen LogP contribution in [0.15, 0.2) is 4.90 Å². The van der Waals surface area contributed by atoms with Gasteiger partial charge in [0.05, 0.1) is 6.10 Å². The molecular weight excluding hydrogens is 328 g/mol. The summed E-state index contributed by atoms with van der Waals surface area (Å²) in [6.45, 7) is 2.95. The predicted molar refractivity (Wildman–Crippen MR) is 96.0 cm³/mol. The number of hydrogen-bond donors (Lipinski definition) is 3. The molecule has 0 amide bonds. The van der Waals surface area contributed by atoms with E-state index in [1.165, 1.54) is 16.3 Å². The van der Waals surface area contributed by atoms with E-state index in [1.807, 2.05) is 0 Å². The van der Waals surface area contributed by atoms with Gasteiger partial charge in [0.25, 0.3) is 0 Å². The first-order valence-electron chi connectivity index (χ1n) is 8.46. The number of anilines is 2. The second kappa shape index (κ2) is 7.86. The van der Waals surface area contributed by atoms with E-state index in [4.69, 9.17) is 19.8 Å². The Morgan fingerprint density at radius 2 is 1.92 bits per heavy atom. The third-order valence-corrected chi connectivity index (χ3v) is 6.57. The standard InChI is InChI=1S/C15H23N4O2S.CH4O/c1-22-7-4-12-13(22)14(16-10-2-5-21-6-3-10)18-15(17-12)19-8-11(20)9-19;1-2/h10-11,20H,2-9H2,1H3,(H,16,17,18);2H,1H3/q+1;. The van der Waals surface area contributed by atoms with Crippen LogP contribution in [0.3, 0.4) is 0 Å². The van der Waals surface area contributed by atoms with E-state index in [2.05, 4.69) is 16.5 Å². The number of nitrogens with one attached hydrogen (secondary N) is 1. The molecule has 24 heavy (non-hydrogen) atoms. The molecule has 134 valence electrons. The van der Waals surface area contributed by atoms with Crippen molar-refractivity contribution < 1.29 is 14.9 Å². The van der Waals surface area contributed by atoms with Crippen molar-refractivity contribution in [1.29, 1.82) is 0 Å². The fraction of sp³-hybridized carbons (Fsp3) is 0.750. The summed E-state index contributed by atoms with van der Waals surface area (Å²) in [5.74, 6) is 2.98. The number of nitrogens with zero attached hydrogens (tertiary/aromatic N) is 3. The highest BCUT2D eigenvalue weighted by Gasteiger charge is 2.37. The average Bonchev–Trinajstić information content (AvgIpc) is 2.96. The molecule has 0 bridgehead atoms. The summed E-state index contributed by atoms with van der Waals surface area (Å²) in [4.78, 5) is 13.0. The fourth-order valence-corrected chi connectivity index (χ4v) is 4.95. The lowest BCUT2D eigenvalue weighted by Crippen LogP contribution is -2.51. The lowest BCUT2D eigenvalue weighted by molar-refractivity contribution is 0.0903. The normalized spacial score (nSPS) is 24.0. The van der Waals surface area contributed by atoms with Crippen LogP contribution in [0, 0.1) is 0 Å². The van der Waals surface area contributed by atoms with Crippen LogP contribution >= 0.6 is 0 Å². The van der Waals surface area contributed by atoms with Gasteiger partial charge in [0.15, 0.2) is 5.82 Å². The summed E-state index contributed by atoms with van der Waals surface area (Å²) in [6, 6.07) is 0.445. The van der Waals surface area contributed by atoms with Crippen molar-refractivity contribution in [1.82, 2.24) is 9.97 Å². The number of β-amino-alcohol motifs (C(OH)–C–C–N with tert-alkyl or cyclic N) is 1. The van der Waals surface area contributed by atoms with Crippen molar-refractivity contribution in [2.75, 3.05) is 55.6 Å². The van der Waals surface area contributed by atoms with Crippen molar-refractivity contribution >= 4 is 22.7 Å². The molecule has 4 rings (SSSR count). The molecule has 0 aromatic carbocycles. The first-order valence-corrected chi connectivity index (χ1v) is 10.3. The maximum absolute atomic E-state index is 9.52. The second-order valence-electron chi connectivity index (χ2n) is 6.33. The molecule has 1 atom stereocenters. The van der Waals surface area contributed by atoms with E-state index in [1.54, 1.807) is 0 Å². The highest BCUT2D eigenvalue weighted by Crippen LogP contribution is 2.34. The molecule has 2 fully saturated rings. The predicted octanol–water partition coefficient (Wildman–Crippen LogP) is 0.0200. The average molecular weight is 355 g/mol. The largest absolute Gasteiger partial charge is 0.400 e. The summed E-state index contributed by atoms with van der Waals surface area (Å²) in [7, 11) is 1.24. The Morgan fingerprint density at radius 3 is 2.58 bits per heavy atom. The third kappa shape index (κ3) is 3.61. The van der Waals surface area contributed by atoms with Crippen LogP contribution in [0.2, 0.25) is 0 Å². The van der Waals surface area contributed by atoms with E-state index < -0.39 is 0 Å². The molecule has 3 aliphatic heterocycles. The van der Waals surface area contributed by atoms with Crippen molar-refractivity contribution in [3.05, 3.63) is 5.69 Å². The molecule has 0 aliphatic carbocycles. The van der Waals surface area contributed by atoms with Gasteiger partial charge >= 0.3 is 0 Å². The Hall–Kier alpha value is -1.09. The number of aryl methyl sites for hydroxylation is 1. The molecule has 4 heterocycles. The molecule has 1 aromatic heterocycles. The monoisotopic (exact) mass is 355 g/mol. The van der Waals surface area contributed by atoms with Crippen LogP contribution in [0.1, 0.15) is 18.5 Å². The van der Waals surface area contributed by atoms with E-state index in [0.29, 0.717) is 19.1 Å². The van der Waals surface area contributed by atoms with Gasteiger partial charge in [-0.3, -0.25) is 0 Å². The zero-order chi connectivity index (χ0) is 17.1. The van der Waals surface area contributed by atoms with Crippen LogP contribution in [0.5, 0.6) is 0 Å². The molecule has 1 aromatic rings. The van der Waals surface area contributed by atoms with Crippen molar-refractivity contribution in [2.24, 2.45) is 0 Å². The molecule has 2 saturated heterocycles. The van der Waals surface area contributed by atoms with Gasteiger partial charge < -0.3 is 25.2 Å². The summed E-state index contributed by atoms with van der Waals surface area (Å²) in [5.41, 5.74) is 1.20. The number of fused-ring (bicyclic) bond motifs is 1. The maximum atomic E-state index is 9.52. The van der Waals surface area contributed by atoms with Crippen LogP contribution in [-0.4, -0.2) is 77.7 Å². The van der Waals surface area contributed by atoms with Gasteiger partial charge in [0.2, 0.25) is 10.8 Å². The minimum Gasteiger partial charge on any atom is -0.400 e. The number of aliphatic hydroxyl groups is 2. The lowest BCUT2D eigenvalue weighted by Gasteiger charge is -2.36. The zero-order valence-electron chi connectivity index (χ0n) is 14.4. The lowest BCUT2D eigenvalue weighted by atomic mass is 10.1. The second-order valence-corrected chi connectivity index (χ2v) is 8.42. The summed E-state index contributed by atoms with van der Waals surface area (Å²) in [5, 5.41) is 20.2. The fourth-order valence-electron chi connectivity index (χ4n) is 3.26. The van der Waals surface area contributed by atoms with Crippen LogP contribution in [-0.2, 0) is 22.1 Å². The first-order chi connectivity index (χ1) is 11.7. The maximum Gasteiger partial charge on any atom is 0.228 e. The summed E-state index contributed by atoms with van der Waals surface area (Å²) < 4.78 is 5.44. The Balaban J connectivity index is 0.000000815. The number of ether oxygens (including phenoxy) is 1. The van der Waals surface area contributed by atoms with Crippen LogP contribution in [0.25, 0.3) is 0 Å². The Kier molecular flexibility index (Phi) is 5.80. The van der Waals surface area contributed by atoms with Crippen LogP contribution < -0.4 is 10.2 Å². The van der Waals surface area contributed by atoms with Gasteiger partial charge in [0.1, 0.15) is 17.7 Å². The smallest absolute Gasteiger partial charge is 0.228 e. The van der Waals surface area contributed by atoms with Gasteiger partial charge in [-0.15, -0.1) is 0 Å². The number of aromatic nitrogens is 2. The van der Waals surface area contributed by atoms with Crippen molar-refractivity contribution in [3.8, 4) is 0 Å². The summed E-state index contributed by atoms with van der Waals surface area (Å²) >= 11 is 0. The van der Waals surface area contributed by atoms with Crippen molar-refractivity contribution in [2.45, 2.75) is 36.3 Å². The Morgan fingerprint density at radius 1 is 1.21 bits per heavy atom. The Labute approximate surface area is 145 Å². The molecule has 3 aliphatic rings. The van der Waals surface area contributed by atoms with Crippen LogP contribution in [0.4, 0.5) is 11.8 Å². The van der Waals surface area contributed by atoms with E-state index in [0.717, 1.165) is 51.4 Å². The molecular formula is C16H27N4O3S+. The first kappa shape index (κ1) is 17.7. The van der Waals surface area contributed by atoms with Gasteiger partial charge in [-0.25, -0.2) is 4.98 Å². The van der Waals surface area contributed by atoms with Gasteiger partial charge in [-0.2, -0.15) is 4.98 Å². The van der Waals surface area contributed by atoms with E-state index >= 15 is 0 Å². The molecule has 7 nitrogen and oxygen atoms in total. The van der Waals surface area contributed by atoms with Gasteiger partial charge in [0, 0.05) is 56.8 Å².